The molecule has 0 bridgehead atoms. The molecule has 1 aliphatic rings. The number of hydrogen-bond acceptors (Lipinski definition) is 4. The van der Waals surface area contributed by atoms with Gasteiger partial charge in [0.05, 0.1) is 30.0 Å². The van der Waals surface area contributed by atoms with E-state index in [9.17, 15) is 0 Å². The highest BCUT2D eigenvalue weighted by Gasteiger charge is 2.28. The third-order valence-corrected chi connectivity index (χ3v) is 4.56. The first-order valence-corrected chi connectivity index (χ1v) is 7.25. The third-order valence-electron chi connectivity index (χ3n) is 3.47. The van der Waals surface area contributed by atoms with Crippen LogP contribution >= 0.6 is 11.3 Å². The van der Waals surface area contributed by atoms with Gasteiger partial charge in [-0.3, -0.25) is 0 Å². The molecule has 2 heterocycles. The van der Waals surface area contributed by atoms with Gasteiger partial charge in [0.1, 0.15) is 5.01 Å². The second kappa shape index (κ2) is 4.48. The van der Waals surface area contributed by atoms with Crippen molar-refractivity contribution < 1.29 is 0 Å². The van der Waals surface area contributed by atoms with Gasteiger partial charge in [-0.2, -0.15) is 0 Å². The average Bonchev–Trinajstić information content (AvgIpc) is 2.97. The van der Waals surface area contributed by atoms with Gasteiger partial charge in [-0.25, -0.2) is 9.97 Å². The second-order valence-electron chi connectivity index (χ2n) is 4.84. The Morgan fingerprint density at radius 2 is 2.33 bits per heavy atom. The molecule has 0 aromatic carbocycles. The molecule has 96 valence electrons. The maximum Gasteiger partial charge on any atom is 0.116 e. The van der Waals surface area contributed by atoms with Crippen LogP contribution in [0.5, 0.6) is 0 Å². The molecular formula is C13H18N4S. The largest absolute Gasteiger partial charge is 0.330 e. The first-order chi connectivity index (χ1) is 8.70. The first kappa shape index (κ1) is 11.9. The summed E-state index contributed by atoms with van der Waals surface area (Å²) in [5.41, 5.74) is 8.61. The first-order valence-electron chi connectivity index (χ1n) is 6.44. The summed E-state index contributed by atoms with van der Waals surface area (Å²) >= 11 is 1.71. The molecule has 1 unspecified atom stereocenters. The molecule has 0 spiro atoms. The summed E-state index contributed by atoms with van der Waals surface area (Å²) in [5, 5.41) is 1.01. The Bertz CT molecular complexity index is 553. The van der Waals surface area contributed by atoms with Crippen molar-refractivity contribution in [3.05, 3.63) is 33.8 Å². The van der Waals surface area contributed by atoms with Crippen LogP contribution in [-0.2, 0) is 6.42 Å². The minimum Gasteiger partial charge on any atom is -0.330 e. The van der Waals surface area contributed by atoms with Crippen molar-refractivity contribution in [1.29, 1.82) is 0 Å². The van der Waals surface area contributed by atoms with Crippen molar-refractivity contribution in [2.24, 2.45) is 5.73 Å². The van der Waals surface area contributed by atoms with Crippen molar-refractivity contribution in [2.75, 3.05) is 0 Å². The number of thiazole rings is 1. The van der Waals surface area contributed by atoms with E-state index < -0.39 is 0 Å². The lowest BCUT2D eigenvalue weighted by Gasteiger charge is -2.11. The molecule has 2 aromatic heterocycles. The number of nitrogens with zero attached hydrogens (tertiary/aromatic N) is 3. The van der Waals surface area contributed by atoms with E-state index in [2.05, 4.69) is 28.4 Å². The Kier molecular flexibility index (Phi) is 2.95. The van der Waals surface area contributed by atoms with Crippen molar-refractivity contribution in [2.45, 2.75) is 45.2 Å². The van der Waals surface area contributed by atoms with Crippen LogP contribution in [0.15, 0.2) is 12.5 Å². The molecule has 5 heteroatoms. The molecule has 18 heavy (non-hydrogen) atoms. The summed E-state index contributed by atoms with van der Waals surface area (Å²) in [6.07, 6.45) is 7.23. The van der Waals surface area contributed by atoms with Gasteiger partial charge in [-0.15, -0.1) is 11.3 Å². The Hall–Kier alpha value is -1.20. The SMILES string of the molecule is CCc1nc(C(N)c2cncn2C2CC2)sc1C. The van der Waals surface area contributed by atoms with E-state index in [0.717, 1.165) is 17.1 Å². The lowest BCUT2D eigenvalue weighted by molar-refractivity contribution is 0.658. The molecule has 1 fully saturated rings. The molecule has 1 saturated carbocycles. The average molecular weight is 262 g/mol. The molecular weight excluding hydrogens is 244 g/mol. The molecule has 2 aromatic rings. The van der Waals surface area contributed by atoms with E-state index in [0.29, 0.717) is 6.04 Å². The monoisotopic (exact) mass is 262 g/mol. The normalized spacial score (nSPS) is 17.1. The molecule has 2 N–H and O–H groups in total. The second-order valence-corrected chi connectivity index (χ2v) is 6.08. The van der Waals surface area contributed by atoms with Gasteiger partial charge >= 0.3 is 0 Å². The summed E-state index contributed by atoms with van der Waals surface area (Å²) in [5.74, 6) is 0. The molecule has 3 rings (SSSR count). The lowest BCUT2D eigenvalue weighted by atomic mass is 10.2. The zero-order valence-corrected chi connectivity index (χ0v) is 11.6. The molecule has 4 nitrogen and oxygen atoms in total. The van der Waals surface area contributed by atoms with E-state index in [1.165, 1.54) is 23.4 Å². The number of rotatable bonds is 4. The van der Waals surface area contributed by atoms with Crippen LogP contribution in [-0.4, -0.2) is 14.5 Å². The highest BCUT2D eigenvalue weighted by Crippen LogP contribution is 2.38. The summed E-state index contributed by atoms with van der Waals surface area (Å²) in [4.78, 5) is 10.2. The zero-order valence-electron chi connectivity index (χ0n) is 10.8. The van der Waals surface area contributed by atoms with Gasteiger partial charge in [-0.1, -0.05) is 6.92 Å². The lowest BCUT2D eigenvalue weighted by Crippen LogP contribution is -2.16. The highest BCUT2D eigenvalue weighted by molar-refractivity contribution is 7.11. The number of nitrogens with two attached hydrogens (primary N) is 1. The van der Waals surface area contributed by atoms with Gasteiger partial charge in [0.2, 0.25) is 0 Å². The van der Waals surface area contributed by atoms with E-state index >= 15 is 0 Å². The quantitative estimate of drug-likeness (QED) is 0.921. The number of imidazole rings is 1. The minimum atomic E-state index is -0.142. The van der Waals surface area contributed by atoms with Crippen LogP contribution < -0.4 is 5.73 Å². The van der Waals surface area contributed by atoms with Crippen molar-refractivity contribution in [3.63, 3.8) is 0 Å². The third kappa shape index (κ3) is 1.97. The summed E-state index contributed by atoms with van der Waals surface area (Å²) in [6, 6.07) is 0.470. The van der Waals surface area contributed by atoms with E-state index in [4.69, 9.17) is 5.73 Å². The molecule has 1 aliphatic carbocycles. The number of aryl methyl sites for hydroxylation is 2. The Morgan fingerprint density at radius 1 is 1.56 bits per heavy atom. The molecule has 0 radical (unpaired) electrons. The van der Waals surface area contributed by atoms with Crippen molar-refractivity contribution >= 4 is 11.3 Å². The van der Waals surface area contributed by atoms with E-state index in [-0.39, 0.29) is 6.04 Å². The van der Waals surface area contributed by atoms with Gasteiger partial charge < -0.3 is 10.3 Å². The highest BCUT2D eigenvalue weighted by atomic mass is 32.1. The Morgan fingerprint density at radius 3 is 2.94 bits per heavy atom. The minimum absolute atomic E-state index is 0.142. The van der Waals surface area contributed by atoms with Gasteiger partial charge in [-0.05, 0) is 26.2 Å². The van der Waals surface area contributed by atoms with Crippen molar-refractivity contribution in [3.8, 4) is 0 Å². The van der Waals surface area contributed by atoms with E-state index in [1.54, 1.807) is 11.3 Å². The smallest absolute Gasteiger partial charge is 0.116 e. The Labute approximate surface area is 111 Å². The van der Waals surface area contributed by atoms with Crippen molar-refractivity contribution in [1.82, 2.24) is 14.5 Å². The van der Waals surface area contributed by atoms with Crippen LogP contribution in [0, 0.1) is 6.92 Å². The van der Waals surface area contributed by atoms with Gasteiger partial charge in [0.25, 0.3) is 0 Å². The fourth-order valence-corrected chi connectivity index (χ4v) is 3.28. The fraction of sp³-hybridized carbons (Fsp3) is 0.538. The van der Waals surface area contributed by atoms with Crippen LogP contribution in [0.1, 0.15) is 53.1 Å². The fourth-order valence-electron chi connectivity index (χ4n) is 2.25. The summed E-state index contributed by atoms with van der Waals surface area (Å²) in [7, 11) is 0. The van der Waals surface area contributed by atoms with Crippen LogP contribution in [0.25, 0.3) is 0 Å². The predicted octanol–water partition coefficient (Wildman–Crippen LogP) is 2.59. The van der Waals surface area contributed by atoms with Crippen LogP contribution in [0.2, 0.25) is 0 Å². The van der Waals surface area contributed by atoms with Crippen LogP contribution in [0.3, 0.4) is 0 Å². The Balaban J connectivity index is 1.92. The topological polar surface area (TPSA) is 56.7 Å². The number of hydrogen-bond donors (Lipinski definition) is 1. The van der Waals surface area contributed by atoms with Crippen LogP contribution in [0.4, 0.5) is 0 Å². The van der Waals surface area contributed by atoms with Gasteiger partial charge in [0.15, 0.2) is 0 Å². The summed E-state index contributed by atoms with van der Waals surface area (Å²) < 4.78 is 2.22. The molecule has 0 amide bonds. The number of aromatic nitrogens is 3. The standard InChI is InChI=1S/C13H18N4S/c1-3-10-8(2)18-13(16-10)12(14)11-6-15-7-17(11)9-4-5-9/h6-7,9,12H,3-5,14H2,1-2H3. The predicted molar refractivity (Wildman–Crippen MR) is 72.8 cm³/mol. The van der Waals surface area contributed by atoms with Gasteiger partial charge in [0, 0.05) is 10.9 Å². The zero-order chi connectivity index (χ0) is 12.7. The van der Waals surface area contributed by atoms with E-state index in [1.807, 2.05) is 12.5 Å². The molecule has 0 aliphatic heterocycles. The summed E-state index contributed by atoms with van der Waals surface area (Å²) in [6.45, 7) is 4.25. The maximum absolute atomic E-state index is 6.35. The maximum atomic E-state index is 6.35. The molecule has 0 saturated heterocycles. The molecule has 1 atom stereocenters.